The van der Waals surface area contributed by atoms with Crippen molar-refractivity contribution >= 4 is 15.8 Å². The average molecular weight is 391 g/mol. The van der Waals surface area contributed by atoms with Gasteiger partial charge in [0.15, 0.2) is 5.78 Å². The van der Waals surface area contributed by atoms with Gasteiger partial charge in [0.2, 0.25) is 0 Å². The zero-order valence-corrected chi connectivity index (χ0v) is 19.1. The number of rotatable bonds is 3. The highest BCUT2D eigenvalue weighted by Crippen LogP contribution is 2.61. The molecule has 0 aromatic heterocycles. The third-order valence-corrected chi connectivity index (χ3v) is 12.5. The van der Waals surface area contributed by atoms with Crippen LogP contribution < -0.4 is 0 Å². The van der Waals surface area contributed by atoms with Gasteiger partial charge in [0.25, 0.3) is 0 Å². The predicted molar refractivity (Wildman–Crippen MR) is 117 cm³/mol. The second kappa shape index (κ2) is 6.62. The van der Waals surface area contributed by atoms with Crippen molar-refractivity contribution in [3.8, 4) is 0 Å². The molecule has 1 N–H and O–H groups in total. The molecule has 0 aliphatic heterocycles. The largest absolute Gasteiger partial charge is 0.382 e. The van der Waals surface area contributed by atoms with Gasteiger partial charge in [-0.25, -0.2) is 10.0 Å². The van der Waals surface area contributed by atoms with Crippen LogP contribution in [-0.4, -0.2) is 33.7 Å². The van der Waals surface area contributed by atoms with Crippen molar-refractivity contribution in [2.75, 3.05) is 12.5 Å². The summed E-state index contributed by atoms with van der Waals surface area (Å²) in [6.07, 6.45) is 9.63. The molecule has 0 saturated heterocycles. The number of fused-ring (bicyclic) bond motifs is 3. The molecule has 1 aromatic rings. The minimum absolute atomic E-state index is 0.0496. The molecule has 0 bridgehead atoms. The lowest BCUT2D eigenvalue weighted by Crippen LogP contribution is -2.55. The van der Waals surface area contributed by atoms with Gasteiger partial charge >= 0.3 is 0 Å². The van der Waals surface area contributed by atoms with E-state index in [1.807, 2.05) is 6.92 Å². The van der Waals surface area contributed by atoms with E-state index in [2.05, 4.69) is 58.4 Å². The number of aliphatic hydroxyl groups is 1. The molecule has 3 heteroatoms. The van der Waals surface area contributed by atoms with Gasteiger partial charge in [0.1, 0.15) is 5.60 Å². The van der Waals surface area contributed by atoms with Crippen molar-refractivity contribution < 1.29 is 9.90 Å². The Morgan fingerprint density at radius 2 is 1.85 bits per heavy atom. The summed E-state index contributed by atoms with van der Waals surface area (Å²) in [6.45, 7) is 11.2. The third-order valence-electron chi connectivity index (χ3n) is 8.05. The number of aryl methyl sites for hydroxylation is 1. The minimum atomic E-state index is -1.14. The van der Waals surface area contributed by atoms with Gasteiger partial charge in [-0.1, -0.05) is 40.7 Å². The summed E-state index contributed by atoms with van der Waals surface area (Å²) in [4.78, 5) is 14.1. The molecule has 3 rings (SSSR count). The first-order chi connectivity index (χ1) is 12.4. The topological polar surface area (TPSA) is 37.3 Å². The smallest absolute Gasteiger partial charge is 0.164 e. The summed E-state index contributed by atoms with van der Waals surface area (Å²) in [6, 6.07) is 7.16. The lowest BCUT2D eigenvalue weighted by Gasteiger charge is -2.53. The first-order valence-corrected chi connectivity index (χ1v) is 13.0. The van der Waals surface area contributed by atoms with E-state index in [-0.39, 0.29) is 15.9 Å². The van der Waals surface area contributed by atoms with Crippen LogP contribution in [0.1, 0.15) is 77.8 Å². The lowest BCUT2D eigenvalue weighted by molar-refractivity contribution is -0.149. The first-order valence-electron chi connectivity index (χ1n) is 10.5. The quantitative estimate of drug-likeness (QED) is 0.727. The van der Waals surface area contributed by atoms with E-state index in [0.717, 1.165) is 19.3 Å². The van der Waals surface area contributed by atoms with Crippen LogP contribution in [0.25, 0.3) is 0 Å². The van der Waals surface area contributed by atoms with Crippen molar-refractivity contribution in [2.45, 2.75) is 93.8 Å². The van der Waals surface area contributed by atoms with Crippen LogP contribution in [-0.2, 0) is 16.6 Å². The van der Waals surface area contributed by atoms with Crippen molar-refractivity contribution in [1.82, 2.24) is 0 Å². The molecule has 152 valence electrons. The number of hydrogen-bond acceptors (Lipinski definition) is 2. The molecule has 0 heterocycles. The van der Waals surface area contributed by atoms with Crippen LogP contribution in [0.5, 0.6) is 0 Å². The van der Waals surface area contributed by atoms with Crippen LogP contribution in [0, 0.1) is 5.92 Å². The molecule has 1 saturated carbocycles. The van der Waals surface area contributed by atoms with Crippen LogP contribution in [0.4, 0.5) is 0 Å². The number of ketones is 1. The van der Waals surface area contributed by atoms with E-state index in [4.69, 9.17) is 0 Å². The second-order valence-corrected chi connectivity index (χ2v) is 14.5. The van der Waals surface area contributed by atoms with Crippen LogP contribution in [0.3, 0.4) is 0 Å². The number of benzene rings is 1. The number of carbonyl (C=O) groups excluding carboxylic acids is 1. The standard InChI is InChI=1S/C24H38O2S/c1-8-23-16-24(26,9-2)21(25)15-18(23)11-10-17-14-19(12-13-20(17)23)27(6,7)22(3,4)5/h12-14,18,26H,8-11,15-16H2,1-7H3/t18?,23?,24-/m1/s1. The average Bonchev–Trinajstić information content (AvgIpc) is 2.61. The summed E-state index contributed by atoms with van der Waals surface area (Å²) in [5.74, 6) is 0.445. The predicted octanol–water partition coefficient (Wildman–Crippen LogP) is 5.62. The highest BCUT2D eigenvalue weighted by molar-refractivity contribution is 8.33. The van der Waals surface area contributed by atoms with Gasteiger partial charge in [-0.3, -0.25) is 4.79 Å². The minimum Gasteiger partial charge on any atom is -0.382 e. The van der Waals surface area contributed by atoms with Gasteiger partial charge in [-0.2, -0.15) is 0 Å². The molecule has 27 heavy (non-hydrogen) atoms. The second-order valence-electron chi connectivity index (χ2n) is 10.2. The highest BCUT2D eigenvalue weighted by Gasteiger charge is 2.54. The van der Waals surface area contributed by atoms with Crippen molar-refractivity contribution in [3.63, 3.8) is 0 Å². The maximum absolute atomic E-state index is 12.6. The Kier molecular flexibility index (Phi) is 5.13. The summed E-state index contributed by atoms with van der Waals surface area (Å²) in [5.41, 5.74) is 1.68. The monoisotopic (exact) mass is 390 g/mol. The molecule has 2 aliphatic rings. The highest BCUT2D eigenvalue weighted by atomic mass is 32.3. The maximum atomic E-state index is 12.6. The lowest BCUT2D eigenvalue weighted by atomic mass is 9.52. The molecule has 0 amide bonds. The van der Waals surface area contributed by atoms with E-state index >= 15 is 0 Å². The zero-order chi connectivity index (χ0) is 20.3. The van der Waals surface area contributed by atoms with Gasteiger partial charge < -0.3 is 5.11 Å². The normalized spacial score (nSPS) is 32.0. The Morgan fingerprint density at radius 3 is 2.41 bits per heavy atom. The molecule has 2 aliphatic carbocycles. The fourth-order valence-electron chi connectivity index (χ4n) is 5.26. The molecular weight excluding hydrogens is 352 g/mol. The van der Waals surface area contributed by atoms with Crippen LogP contribution in [0.15, 0.2) is 23.1 Å². The fraction of sp³-hybridized carbons (Fsp3) is 0.708. The van der Waals surface area contributed by atoms with Crippen molar-refractivity contribution in [2.24, 2.45) is 5.92 Å². The first kappa shape index (κ1) is 20.9. The Morgan fingerprint density at radius 1 is 1.19 bits per heavy atom. The molecule has 1 fully saturated rings. The summed E-state index contributed by atoms with van der Waals surface area (Å²) in [5, 5.41) is 11.1. The molecule has 0 spiro atoms. The van der Waals surface area contributed by atoms with E-state index < -0.39 is 15.6 Å². The number of Topliss-reactive ketones (excluding diaryl/α,β-unsaturated/α-hetero) is 1. The molecular formula is C24H38O2S. The van der Waals surface area contributed by atoms with E-state index in [9.17, 15) is 9.90 Å². The Hall–Kier alpha value is -0.800. The van der Waals surface area contributed by atoms with Gasteiger partial charge in [-0.15, -0.1) is 0 Å². The number of hydrogen-bond donors (Lipinski definition) is 1. The van der Waals surface area contributed by atoms with E-state index in [0.29, 0.717) is 25.2 Å². The van der Waals surface area contributed by atoms with Crippen molar-refractivity contribution in [1.29, 1.82) is 0 Å². The molecule has 0 radical (unpaired) electrons. The molecule has 1 aromatic carbocycles. The zero-order valence-electron chi connectivity index (χ0n) is 18.3. The van der Waals surface area contributed by atoms with Crippen LogP contribution in [0.2, 0.25) is 0 Å². The summed E-state index contributed by atoms with van der Waals surface area (Å²) in [7, 11) is -0.906. The Labute approximate surface area is 167 Å². The Balaban J connectivity index is 2.10. The van der Waals surface area contributed by atoms with Gasteiger partial charge in [0, 0.05) is 11.8 Å². The fourth-order valence-corrected chi connectivity index (χ4v) is 6.81. The molecule has 3 atom stereocenters. The van der Waals surface area contributed by atoms with E-state index in [1.54, 1.807) is 0 Å². The van der Waals surface area contributed by atoms with Gasteiger partial charge in [-0.05, 0) is 83.4 Å². The van der Waals surface area contributed by atoms with Crippen LogP contribution >= 0.6 is 10.0 Å². The maximum Gasteiger partial charge on any atom is 0.164 e. The molecule has 2 unspecified atom stereocenters. The molecule has 2 nitrogen and oxygen atoms in total. The summed E-state index contributed by atoms with van der Waals surface area (Å²) < 4.78 is 0.264. The number of carbonyl (C=O) groups is 1. The summed E-state index contributed by atoms with van der Waals surface area (Å²) >= 11 is 0. The Bertz CT molecular complexity index is 745. The van der Waals surface area contributed by atoms with E-state index in [1.165, 1.54) is 16.0 Å². The van der Waals surface area contributed by atoms with Crippen molar-refractivity contribution in [3.05, 3.63) is 29.3 Å². The van der Waals surface area contributed by atoms with Gasteiger partial charge in [0.05, 0.1) is 0 Å². The third kappa shape index (κ3) is 3.09. The SMILES string of the molecule is CCC12C[C@](O)(CC)C(=O)CC1CCc1cc(S(C)(C)C(C)(C)C)ccc12.